The number of epoxide rings is 1. The van der Waals surface area contributed by atoms with Crippen LogP contribution in [-0.2, 0) is 9.53 Å². The number of carbonyl (C=O) groups is 1. The summed E-state index contributed by atoms with van der Waals surface area (Å²) in [4.78, 5) is 10.7. The van der Waals surface area contributed by atoms with Crippen LogP contribution >= 0.6 is 0 Å². The van der Waals surface area contributed by atoms with Crippen LogP contribution in [0.25, 0.3) is 0 Å². The predicted octanol–water partition coefficient (Wildman–Crippen LogP) is 2.34. The largest absolute Gasteiger partial charge is 0.361 e. The lowest BCUT2D eigenvalue weighted by molar-refractivity contribution is -0.113. The van der Waals surface area contributed by atoms with E-state index >= 15 is 0 Å². The van der Waals surface area contributed by atoms with Crippen molar-refractivity contribution in [2.45, 2.75) is 38.7 Å². The lowest BCUT2D eigenvalue weighted by Gasteiger charge is -2.13. The lowest BCUT2D eigenvalue weighted by Crippen LogP contribution is -2.23. The molecule has 0 aromatic carbocycles. The van der Waals surface area contributed by atoms with Crippen LogP contribution in [0.3, 0.4) is 0 Å². The second-order valence-electron chi connectivity index (χ2n) is 4.11. The predicted molar refractivity (Wildman–Crippen MR) is 52.6 cm³/mol. The fraction of sp³-hybridized carbons (Fsp3) is 0.727. The molecule has 0 spiro atoms. The fourth-order valence-electron chi connectivity index (χ4n) is 1.51. The van der Waals surface area contributed by atoms with Crippen molar-refractivity contribution < 1.29 is 9.53 Å². The molecule has 2 nitrogen and oxygen atoms in total. The summed E-state index contributed by atoms with van der Waals surface area (Å²) in [6.45, 7) is 8.58. The molecule has 0 saturated carbocycles. The first-order valence-electron chi connectivity index (χ1n) is 4.85. The van der Waals surface area contributed by atoms with Crippen LogP contribution in [0.1, 0.15) is 33.1 Å². The van der Waals surface area contributed by atoms with E-state index in [0.29, 0.717) is 12.5 Å². The summed E-state index contributed by atoms with van der Waals surface area (Å²) >= 11 is 0. The Morgan fingerprint density at radius 2 is 2.38 bits per heavy atom. The third kappa shape index (κ3) is 2.66. The summed E-state index contributed by atoms with van der Waals surface area (Å²) in [7, 11) is 0. The molecule has 2 atom stereocenters. The van der Waals surface area contributed by atoms with Gasteiger partial charge in [0.2, 0.25) is 0 Å². The summed E-state index contributed by atoms with van der Waals surface area (Å²) in [6, 6.07) is 0. The van der Waals surface area contributed by atoms with Gasteiger partial charge >= 0.3 is 0 Å². The van der Waals surface area contributed by atoms with Gasteiger partial charge in [0.15, 0.2) is 6.29 Å². The van der Waals surface area contributed by atoms with Crippen molar-refractivity contribution in [1.29, 1.82) is 0 Å². The summed E-state index contributed by atoms with van der Waals surface area (Å²) in [5.41, 5.74) is 0.791. The molecule has 0 radical (unpaired) electrons. The van der Waals surface area contributed by atoms with Crippen LogP contribution in [0.2, 0.25) is 0 Å². The Morgan fingerprint density at radius 3 is 2.77 bits per heavy atom. The molecule has 1 aliphatic rings. The van der Waals surface area contributed by atoms with E-state index in [9.17, 15) is 4.79 Å². The van der Waals surface area contributed by atoms with Crippen molar-refractivity contribution in [3.05, 3.63) is 12.2 Å². The van der Waals surface area contributed by atoms with E-state index < -0.39 is 5.60 Å². The van der Waals surface area contributed by atoms with Gasteiger partial charge in [-0.1, -0.05) is 12.5 Å². The second kappa shape index (κ2) is 4.05. The number of hydrogen-bond donors (Lipinski definition) is 0. The molecule has 1 fully saturated rings. The van der Waals surface area contributed by atoms with Crippen molar-refractivity contribution in [3.8, 4) is 0 Å². The zero-order valence-electron chi connectivity index (χ0n) is 8.51. The number of hydrogen-bond acceptors (Lipinski definition) is 2. The van der Waals surface area contributed by atoms with Crippen LogP contribution in [0, 0.1) is 5.92 Å². The number of rotatable bonds is 6. The maximum Gasteiger partial charge on any atom is 0.154 e. The van der Waals surface area contributed by atoms with Gasteiger partial charge in [-0.25, -0.2) is 0 Å². The normalized spacial score (nSPS) is 28.2. The van der Waals surface area contributed by atoms with Gasteiger partial charge < -0.3 is 9.53 Å². The zero-order chi connectivity index (χ0) is 9.90. The van der Waals surface area contributed by atoms with E-state index in [4.69, 9.17) is 4.74 Å². The molecular weight excluding hydrogens is 164 g/mol. The Morgan fingerprint density at radius 1 is 1.77 bits per heavy atom. The minimum absolute atomic E-state index is 0.351. The highest BCUT2D eigenvalue weighted by Gasteiger charge is 2.49. The van der Waals surface area contributed by atoms with Gasteiger partial charge in [0.1, 0.15) is 5.60 Å². The molecular formula is C11H18O2. The highest BCUT2D eigenvalue weighted by Crippen LogP contribution is 2.35. The molecule has 1 aliphatic heterocycles. The monoisotopic (exact) mass is 182 g/mol. The van der Waals surface area contributed by atoms with Crippen molar-refractivity contribution in [3.63, 3.8) is 0 Å². The molecule has 1 heterocycles. The smallest absolute Gasteiger partial charge is 0.154 e. The number of allylic oxidation sites excluding steroid dienone is 1. The first-order valence-corrected chi connectivity index (χ1v) is 4.85. The van der Waals surface area contributed by atoms with Gasteiger partial charge in [0, 0.05) is 0 Å². The number of aldehydes is 1. The van der Waals surface area contributed by atoms with E-state index in [0.717, 1.165) is 25.5 Å². The van der Waals surface area contributed by atoms with Gasteiger partial charge in [-0.3, -0.25) is 0 Å². The summed E-state index contributed by atoms with van der Waals surface area (Å²) < 4.78 is 5.17. The minimum atomic E-state index is -0.422. The average Bonchev–Trinajstić information content (AvgIpc) is 2.83. The Bertz CT molecular complexity index is 204. The Balaban J connectivity index is 2.21. The first-order chi connectivity index (χ1) is 6.10. The van der Waals surface area contributed by atoms with Crippen molar-refractivity contribution in [2.24, 2.45) is 5.92 Å². The Hall–Kier alpha value is -0.630. The molecule has 1 rings (SSSR count). The lowest BCUT2D eigenvalue weighted by atomic mass is 9.90. The first kappa shape index (κ1) is 10.5. The van der Waals surface area contributed by atoms with Gasteiger partial charge in [0.05, 0.1) is 6.61 Å². The second-order valence-corrected chi connectivity index (χ2v) is 4.11. The zero-order valence-corrected chi connectivity index (χ0v) is 8.51. The van der Waals surface area contributed by atoms with Crippen LogP contribution in [-0.4, -0.2) is 18.5 Å². The standard InChI is InChI=1S/C11H18O2/c1-9(2)5-4-6-10(3)11(7-12)8-13-11/h7,10H,1,4-6,8H2,2-3H3/t10-,11?/m0/s1. The van der Waals surface area contributed by atoms with Gasteiger partial charge in [-0.2, -0.15) is 0 Å². The van der Waals surface area contributed by atoms with E-state index in [1.807, 2.05) is 6.92 Å². The average molecular weight is 182 g/mol. The molecule has 0 aromatic heterocycles. The summed E-state index contributed by atoms with van der Waals surface area (Å²) in [6.07, 6.45) is 4.17. The molecule has 74 valence electrons. The molecule has 0 bridgehead atoms. The van der Waals surface area contributed by atoms with Crippen LogP contribution in [0.4, 0.5) is 0 Å². The van der Waals surface area contributed by atoms with E-state index in [1.165, 1.54) is 5.57 Å². The summed E-state index contributed by atoms with van der Waals surface area (Å²) in [5, 5.41) is 0. The van der Waals surface area contributed by atoms with Gasteiger partial charge in [0.25, 0.3) is 0 Å². The molecule has 2 heteroatoms. The highest BCUT2D eigenvalue weighted by atomic mass is 16.6. The third-order valence-electron chi connectivity index (χ3n) is 2.75. The highest BCUT2D eigenvalue weighted by molar-refractivity contribution is 5.66. The van der Waals surface area contributed by atoms with E-state index in [2.05, 4.69) is 13.5 Å². The quantitative estimate of drug-likeness (QED) is 0.358. The number of ether oxygens (including phenoxy) is 1. The molecule has 0 N–H and O–H groups in total. The Labute approximate surface area is 80.0 Å². The van der Waals surface area contributed by atoms with Crippen molar-refractivity contribution in [1.82, 2.24) is 0 Å². The number of carbonyl (C=O) groups excluding carboxylic acids is 1. The van der Waals surface area contributed by atoms with E-state index in [1.54, 1.807) is 0 Å². The SMILES string of the molecule is C=C(C)CCC[C@H](C)C1(C=O)CO1. The third-order valence-corrected chi connectivity index (χ3v) is 2.75. The molecule has 1 saturated heterocycles. The molecule has 1 unspecified atom stereocenters. The molecule has 13 heavy (non-hydrogen) atoms. The fourth-order valence-corrected chi connectivity index (χ4v) is 1.51. The molecule has 0 aliphatic carbocycles. The molecule has 0 aromatic rings. The van der Waals surface area contributed by atoms with Crippen LogP contribution < -0.4 is 0 Å². The van der Waals surface area contributed by atoms with Gasteiger partial charge in [-0.05, 0) is 32.1 Å². The van der Waals surface area contributed by atoms with E-state index in [-0.39, 0.29) is 0 Å². The molecule has 0 amide bonds. The minimum Gasteiger partial charge on any atom is -0.361 e. The van der Waals surface area contributed by atoms with Crippen molar-refractivity contribution in [2.75, 3.05) is 6.61 Å². The van der Waals surface area contributed by atoms with Crippen LogP contribution in [0.5, 0.6) is 0 Å². The van der Waals surface area contributed by atoms with Crippen LogP contribution in [0.15, 0.2) is 12.2 Å². The maximum absolute atomic E-state index is 10.7. The van der Waals surface area contributed by atoms with Gasteiger partial charge in [-0.15, -0.1) is 6.58 Å². The topological polar surface area (TPSA) is 29.6 Å². The van der Waals surface area contributed by atoms with Crippen molar-refractivity contribution >= 4 is 6.29 Å². The maximum atomic E-state index is 10.7. The Kier molecular flexibility index (Phi) is 3.26. The summed E-state index contributed by atoms with van der Waals surface area (Å²) in [5.74, 6) is 0.351.